The van der Waals surface area contributed by atoms with Gasteiger partial charge in [0, 0.05) is 29.8 Å². The number of likely N-dealkylation sites (N-methyl/N-ethyl adjacent to an activating group) is 1. The van der Waals surface area contributed by atoms with Crippen molar-refractivity contribution in [1.82, 2.24) is 29.9 Å². The average Bonchev–Trinajstić information content (AvgIpc) is 2.87. The third kappa shape index (κ3) is 2.29. The zero-order valence-electron chi connectivity index (χ0n) is 11.2. The first kappa shape index (κ1) is 14.6. The third-order valence-corrected chi connectivity index (χ3v) is 4.06. The molecule has 0 aromatic carbocycles. The smallest absolute Gasteiger partial charge is 0.204 e. The Hall–Kier alpha value is -1.32. The summed E-state index contributed by atoms with van der Waals surface area (Å²) in [6, 6.07) is 2.48. The Morgan fingerprint density at radius 2 is 2.19 bits per heavy atom. The number of aromatic nitrogens is 5. The van der Waals surface area contributed by atoms with Gasteiger partial charge in [-0.25, -0.2) is 9.97 Å². The molecule has 1 fully saturated rings. The van der Waals surface area contributed by atoms with Gasteiger partial charge in [-0.3, -0.25) is 4.40 Å². The fourth-order valence-corrected chi connectivity index (χ4v) is 2.76. The lowest BCUT2D eigenvalue weighted by Crippen LogP contribution is -2.57. The van der Waals surface area contributed by atoms with Gasteiger partial charge in [0.1, 0.15) is 6.33 Å². The summed E-state index contributed by atoms with van der Waals surface area (Å²) in [5.74, 6) is 0.844. The molecule has 0 amide bonds. The highest BCUT2D eigenvalue weighted by molar-refractivity contribution is 9.10. The van der Waals surface area contributed by atoms with Crippen LogP contribution in [-0.4, -0.2) is 50.7 Å². The normalized spacial score (nSPS) is 15.2. The molecule has 4 rings (SSSR count). The molecule has 1 saturated heterocycles. The van der Waals surface area contributed by atoms with Crippen LogP contribution in [0.2, 0.25) is 0 Å². The molecule has 0 saturated carbocycles. The first-order chi connectivity index (χ1) is 9.76. The molecule has 3 aromatic heterocycles. The highest BCUT2D eigenvalue weighted by Crippen LogP contribution is 2.26. The van der Waals surface area contributed by atoms with Gasteiger partial charge < -0.3 is 10.2 Å². The molecule has 0 radical (unpaired) electrons. The molecule has 3 aromatic rings. The molecule has 7 nitrogen and oxygen atoms in total. The van der Waals surface area contributed by atoms with E-state index < -0.39 is 0 Å². The molecule has 0 atom stereocenters. The number of nitrogens with zero attached hydrogens (tertiary/aromatic N) is 6. The van der Waals surface area contributed by atoms with Gasteiger partial charge in [-0.05, 0) is 29.0 Å². The van der Waals surface area contributed by atoms with E-state index in [0.717, 1.165) is 34.5 Å². The molecule has 9 heteroatoms. The summed E-state index contributed by atoms with van der Waals surface area (Å²) >= 11 is 3.43. The van der Waals surface area contributed by atoms with Gasteiger partial charge in [-0.2, -0.15) is 0 Å². The topological polar surface area (TPSA) is 71.2 Å². The fourth-order valence-electron chi connectivity index (χ4n) is 2.45. The minimum absolute atomic E-state index is 0. The van der Waals surface area contributed by atoms with Crippen molar-refractivity contribution in [3.05, 3.63) is 23.1 Å². The molecule has 21 heavy (non-hydrogen) atoms. The van der Waals surface area contributed by atoms with E-state index in [0.29, 0.717) is 11.7 Å². The summed E-state index contributed by atoms with van der Waals surface area (Å²) in [5.41, 5.74) is 2.36. The van der Waals surface area contributed by atoms with Gasteiger partial charge in [0.15, 0.2) is 11.5 Å². The number of rotatable bonds is 2. The molecule has 0 spiro atoms. The summed E-state index contributed by atoms with van der Waals surface area (Å²) in [5, 5.41) is 11.5. The number of hydrogen-bond acceptors (Lipinski definition) is 6. The minimum atomic E-state index is 0. The largest absolute Gasteiger partial charge is 0.350 e. The lowest BCUT2D eigenvalue weighted by Gasteiger charge is -2.39. The number of pyridine rings is 1. The maximum Gasteiger partial charge on any atom is 0.204 e. The Bertz CT molecular complexity index is 797. The molecule has 0 aliphatic carbocycles. The first-order valence-corrected chi connectivity index (χ1v) is 7.13. The number of anilines is 1. The molecule has 4 heterocycles. The zero-order valence-corrected chi connectivity index (χ0v) is 14.5. The summed E-state index contributed by atoms with van der Waals surface area (Å²) in [4.78, 5) is 11.2. The van der Waals surface area contributed by atoms with E-state index in [1.807, 2.05) is 17.5 Å². The van der Waals surface area contributed by atoms with Crippen molar-refractivity contribution < 1.29 is 0 Å². The van der Waals surface area contributed by atoms with E-state index in [2.05, 4.69) is 46.3 Å². The monoisotopic (exact) mass is 413 g/mol. The maximum absolute atomic E-state index is 4.65. The van der Waals surface area contributed by atoms with E-state index >= 15 is 0 Å². The van der Waals surface area contributed by atoms with Gasteiger partial charge >= 0.3 is 0 Å². The molecule has 0 bridgehead atoms. The summed E-state index contributed by atoms with van der Waals surface area (Å²) in [7, 11) is 1.97. The minimum Gasteiger partial charge on any atom is -0.350 e. The van der Waals surface area contributed by atoms with E-state index in [9.17, 15) is 0 Å². The predicted octanol–water partition coefficient (Wildman–Crippen LogP) is 1.42. The Kier molecular flexibility index (Phi) is 3.80. The van der Waals surface area contributed by atoms with Crippen LogP contribution >= 0.6 is 32.9 Å². The van der Waals surface area contributed by atoms with Crippen LogP contribution in [0.1, 0.15) is 0 Å². The van der Waals surface area contributed by atoms with E-state index in [4.69, 9.17) is 0 Å². The molecule has 1 aliphatic heterocycles. The van der Waals surface area contributed by atoms with Crippen LogP contribution in [-0.2, 0) is 0 Å². The van der Waals surface area contributed by atoms with Crippen molar-refractivity contribution in [3.8, 4) is 0 Å². The van der Waals surface area contributed by atoms with Crippen LogP contribution in [0.25, 0.3) is 16.8 Å². The Morgan fingerprint density at radius 1 is 1.38 bits per heavy atom. The summed E-state index contributed by atoms with van der Waals surface area (Å²) in [6.07, 6.45) is 3.45. The number of fused-ring (bicyclic) bond motifs is 3. The molecule has 0 unspecified atom stereocenters. The molecule has 110 valence electrons. The lowest BCUT2D eigenvalue weighted by atomic mass is 10.1. The van der Waals surface area contributed by atoms with Crippen molar-refractivity contribution in [2.75, 3.05) is 25.0 Å². The fraction of sp³-hybridized carbons (Fsp3) is 0.333. The van der Waals surface area contributed by atoms with Gasteiger partial charge in [0.25, 0.3) is 0 Å². The molecule has 1 N–H and O–H groups in total. The SMILES string of the molecule is Br.CNC1CN(c2nc3ncc(Br)cc3n3cnnc23)C1. The maximum atomic E-state index is 4.65. The van der Waals surface area contributed by atoms with Gasteiger partial charge in [-0.1, -0.05) is 0 Å². The van der Waals surface area contributed by atoms with Crippen LogP contribution in [0.5, 0.6) is 0 Å². The van der Waals surface area contributed by atoms with E-state index in [-0.39, 0.29) is 17.0 Å². The van der Waals surface area contributed by atoms with Crippen LogP contribution in [0, 0.1) is 0 Å². The predicted molar refractivity (Wildman–Crippen MR) is 89.2 cm³/mol. The second-order valence-corrected chi connectivity index (χ2v) is 5.76. The van der Waals surface area contributed by atoms with Crippen molar-refractivity contribution in [1.29, 1.82) is 0 Å². The van der Waals surface area contributed by atoms with Crippen molar-refractivity contribution in [2.45, 2.75) is 6.04 Å². The van der Waals surface area contributed by atoms with Crippen molar-refractivity contribution in [2.24, 2.45) is 0 Å². The van der Waals surface area contributed by atoms with Crippen LogP contribution in [0.3, 0.4) is 0 Å². The second kappa shape index (κ2) is 5.47. The molecular formula is C12H13Br2N7. The lowest BCUT2D eigenvalue weighted by molar-refractivity contribution is 0.448. The Labute approximate surface area is 139 Å². The van der Waals surface area contributed by atoms with Crippen molar-refractivity contribution in [3.63, 3.8) is 0 Å². The molecular weight excluding hydrogens is 402 g/mol. The van der Waals surface area contributed by atoms with Gasteiger partial charge in [0.05, 0.1) is 5.52 Å². The summed E-state index contributed by atoms with van der Waals surface area (Å²) in [6.45, 7) is 1.85. The van der Waals surface area contributed by atoms with Gasteiger partial charge in [-0.15, -0.1) is 27.2 Å². The first-order valence-electron chi connectivity index (χ1n) is 6.33. The molecule has 1 aliphatic rings. The van der Waals surface area contributed by atoms with Crippen LogP contribution in [0.4, 0.5) is 5.82 Å². The number of nitrogens with one attached hydrogen (secondary N) is 1. The zero-order chi connectivity index (χ0) is 13.7. The standard InChI is InChI=1S/C12H12BrN7.BrH/c1-14-8-4-19(5-8)11-12-18-16-6-20(12)9-2-7(13)3-15-10(9)17-11;/h2-3,6,8,14H,4-5H2,1H3;1H. The van der Waals surface area contributed by atoms with Crippen LogP contribution in [0.15, 0.2) is 23.1 Å². The Balaban J connectivity index is 0.00000132. The van der Waals surface area contributed by atoms with E-state index in [1.165, 1.54) is 0 Å². The van der Waals surface area contributed by atoms with Gasteiger partial charge in [0.2, 0.25) is 5.65 Å². The quantitative estimate of drug-likeness (QED) is 0.683. The average molecular weight is 415 g/mol. The Morgan fingerprint density at radius 3 is 2.95 bits per heavy atom. The number of hydrogen-bond donors (Lipinski definition) is 1. The van der Waals surface area contributed by atoms with Crippen LogP contribution < -0.4 is 10.2 Å². The van der Waals surface area contributed by atoms with Crippen molar-refractivity contribution >= 4 is 55.5 Å². The van der Waals surface area contributed by atoms with E-state index in [1.54, 1.807) is 12.5 Å². The second-order valence-electron chi connectivity index (χ2n) is 4.85. The highest BCUT2D eigenvalue weighted by Gasteiger charge is 2.29. The third-order valence-electron chi connectivity index (χ3n) is 3.62. The summed E-state index contributed by atoms with van der Waals surface area (Å²) < 4.78 is 2.84. The number of halogens is 2. The highest BCUT2D eigenvalue weighted by atomic mass is 79.9.